The van der Waals surface area contributed by atoms with Gasteiger partial charge in [0, 0.05) is 11.4 Å². The molecule has 0 aliphatic carbocycles. The van der Waals surface area contributed by atoms with Crippen molar-refractivity contribution in [3.05, 3.63) is 71.6 Å². The van der Waals surface area contributed by atoms with Crippen LogP contribution >= 0.6 is 11.8 Å². The van der Waals surface area contributed by atoms with E-state index in [0.29, 0.717) is 16.5 Å². The van der Waals surface area contributed by atoms with E-state index in [-0.39, 0.29) is 0 Å². The summed E-state index contributed by atoms with van der Waals surface area (Å²) in [7, 11) is 0. The van der Waals surface area contributed by atoms with Gasteiger partial charge in [0.1, 0.15) is 5.82 Å². The van der Waals surface area contributed by atoms with Crippen molar-refractivity contribution in [1.29, 1.82) is 0 Å². The molecule has 0 radical (unpaired) electrons. The van der Waals surface area contributed by atoms with E-state index in [1.165, 1.54) is 17.8 Å². The highest BCUT2D eigenvalue weighted by atomic mass is 32.2. The normalized spacial score (nSPS) is 10.9. The minimum absolute atomic E-state index is 0.488. The molecule has 1 heterocycles. The number of thioether (sulfide) groups is 1. The molecule has 0 bridgehead atoms. The van der Waals surface area contributed by atoms with Crippen LogP contribution in [0.5, 0.6) is 0 Å². The van der Waals surface area contributed by atoms with Gasteiger partial charge in [0.2, 0.25) is 0 Å². The monoisotopic (exact) mass is 317 g/mol. The molecule has 0 unspecified atom stereocenters. The second kappa shape index (κ2) is 6.27. The van der Waals surface area contributed by atoms with Gasteiger partial charge >= 0.3 is 0 Å². The molecule has 0 atom stereocenters. The fourth-order valence-corrected chi connectivity index (χ4v) is 3.03. The molecule has 22 heavy (non-hydrogen) atoms. The predicted molar refractivity (Wildman–Crippen MR) is 82.0 cm³/mol. The second-order valence-corrected chi connectivity index (χ2v) is 5.68. The summed E-state index contributed by atoms with van der Waals surface area (Å²) in [5.74, 6) is -0.405. The maximum atomic E-state index is 13.2. The van der Waals surface area contributed by atoms with Crippen molar-refractivity contribution >= 4 is 11.8 Å². The number of halogens is 2. The Bertz CT molecular complexity index is 787. The highest BCUT2D eigenvalue weighted by Crippen LogP contribution is 2.25. The minimum atomic E-state index is -0.836. The van der Waals surface area contributed by atoms with E-state index in [2.05, 4.69) is 10.2 Å². The van der Waals surface area contributed by atoms with Gasteiger partial charge in [0.25, 0.3) is 0 Å². The zero-order valence-electron chi connectivity index (χ0n) is 11.8. The molecular weight excluding hydrogens is 304 g/mol. The van der Waals surface area contributed by atoms with E-state index in [9.17, 15) is 8.78 Å². The van der Waals surface area contributed by atoms with Gasteiger partial charge < -0.3 is 0 Å². The van der Waals surface area contributed by atoms with Crippen molar-refractivity contribution in [2.45, 2.75) is 17.8 Å². The molecule has 3 rings (SSSR count). The van der Waals surface area contributed by atoms with Crippen LogP contribution < -0.4 is 0 Å². The van der Waals surface area contributed by atoms with E-state index in [4.69, 9.17) is 0 Å². The minimum Gasteiger partial charge on any atom is -0.274 e. The predicted octanol–water partition coefficient (Wildman–Crippen LogP) is 4.15. The van der Waals surface area contributed by atoms with Gasteiger partial charge in [-0.1, -0.05) is 36.0 Å². The second-order valence-electron chi connectivity index (χ2n) is 4.74. The Hall–Kier alpha value is -2.21. The highest BCUT2D eigenvalue weighted by Gasteiger charge is 2.12. The van der Waals surface area contributed by atoms with Crippen LogP contribution in [-0.2, 0) is 5.75 Å². The fraction of sp³-hybridized carbons (Fsp3) is 0.125. The van der Waals surface area contributed by atoms with E-state index in [0.717, 1.165) is 17.6 Å². The zero-order chi connectivity index (χ0) is 15.5. The standard InChI is InChI=1S/C16H13F2N3S/c1-11-19-20-16(21(11)13-5-3-2-4-6-13)22-10-12-7-8-14(17)15(18)9-12/h2-9H,10H2,1H3. The van der Waals surface area contributed by atoms with Gasteiger partial charge in [-0.3, -0.25) is 4.57 Å². The Labute approximate surface area is 131 Å². The van der Waals surface area contributed by atoms with Crippen LogP contribution in [0.3, 0.4) is 0 Å². The molecule has 0 N–H and O–H groups in total. The average molecular weight is 317 g/mol. The lowest BCUT2D eigenvalue weighted by molar-refractivity contribution is 0.507. The molecule has 0 saturated heterocycles. The summed E-state index contributed by atoms with van der Waals surface area (Å²) in [6, 6.07) is 13.7. The molecule has 0 aliphatic rings. The van der Waals surface area contributed by atoms with E-state index < -0.39 is 11.6 Å². The highest BCUT2D eigenvalue weighted by molar-refractivity contribution is 7.98. The van der Waals surface area contributed by atoms with Gasteiger partial charge in [0.05, 0.1) is 0 Å². The number of hydrogen-bond acceptors (Lipinski definition) is 3. The van der Waals surface area contributed by atoms with Crippen LogP contribution in [0.2, 0.25) is 0 Å². The first-order valence-electron chi connectivity index (χ1n) is 6.69. The molecule has 2 aromatic carbocycles. The molecule has 1 aromatic heterocycles. The third-order valence-corrected chi connectivity index (χ3v) is 4.16. The summed E-state index contributed by atoms with van der Waals surface area (Å²) in [5.41, 5.74) is 1.67. The van der Waals surface area contributed by atoms with Crippen LogP contribution in [0, 0.1) is 18.6 Å². The van der Waals surface area contributed by atoms with Crippen LogP contribution in [0.25, 0.3) is 5.69 Å². The van der Waals surface area contributed by atoms with Gasteiger partial charge in [-0.15, -0.1) is 10.2 Å². The third kappa shape index (κ3) is 3.01. The molecule has 3 aromatic rings. The first kappa shape index (κ1) is 14.7. The van der Waals surface area contributed by atoms with Crippen molar-refractivity contribution in [3.63, 3.8) is 0 Å². The SMILES string of the molecule is Cc1nnc(SCc2ccc(F)c(F)c2)n1-c1ccccc1. The number of para-hydroxylation sites is 1. The largest absolute Gasteiger partial charge is 0.274 e. The van der Waals surface area contributed by atoms with E-state index in [1.54, 1.807) is 6.07 Å². The molecule has 0 saturated carbocycles. The first-order chi connectivity index (χ1) is 10.6. The molecule has 0 aliphatic heterocycles. The smallest absolute Gasteiger partial charge is 0.196 e. The molecule has 0 amide bonds. The number of rotatable bonds is 4. The number of hydrogen-bond donors (Lipinski definition) is 0. The summed E-state index contributed by atoms with van der Waals surface area (Å²) in [5, 5.41) is 8.97. The topological polar surface area (TPSA) is 30.7 Å². The first-order valence-corrected chi connectivity index (χ1v) is 7.68. The lowest BCUT2D eigenvalue weighted by Gasteiger charge is -2.08. The van der Waals surface area contributed by atoms with Gasteiger partial charge in [-0.25, -0.2) is 8.78 Å². The molecule has 0 fully saturated rings. The van der Waals surface area contributed by atoms with Crippen molar-refractivity contribution in [2.24, 2.45) is 0 Å². The summed E-state index contributed by atoms with van der Waals surface area (Å²) in [6.45, 7) is 1.88. The third-order valence-electron chi connectivity index (χ3n) is 3.16. The van der Waals surface area contributed by atoms with Crippen molar-refractivity contribution in [3.8, 4) is 5.69 Å². The zero-order valence-corrected chi connectivity index (χ0v) is 12.6. The van der Waals surface area contributed by atoms with Gasteiger partial charge in [-0.2, -0.15) is 0 Å². The quantitative estimate of drug-likeness (QED) is 0.677. The summed E-state index contributed by atoms with van der Waals surface area (Å²) in [6.07, 6.45) is 0. The molecule has 112 valence electrons. The summed E-state index contributed by atoms with van der Waals surface area (Å²) in [4.78, 5) is 0. The summed E-state index contributed by atoms with van der Waals surface area (Å²) < 4.78 is 28.1. The van der Waals surface area contributed by atoms with Crippen LogP contribution in [0.1, 0.15) is 11.4 Å². The van der Waals surface area contributed by atoms with Gasteiger partial charge in [-0.05, 0) is 36.8 Å². The average Bonchev–Trinajstić information content (AvgIpc) is 2.90. The number of nitrogens with zero attached hydrogens (tertiary/aromatic N) is 3. The Balaban J connectivity index is 1.83. The van der Waals surface area contributed by atoms with Crippen molar-refractivity contribution in [2.75, 3.05) is 0 Å². The lowest BCUT2D eigenvalue weighted by atomic mass is 10.2. The Morgan fingerprint density at radius 2 is 1.77 bits per heavy atom. The molecular formula is C16H13F2N3S. The van der Waals surface area contributed by atoms with E-state index in [1.807, 2.05) is 41.8 Å². The summed E-state index contributed by atoms with van der Waals surface area (Å²) >= 11 is 1.43. The number of aryl methyl sites for hydroxylation is 1. The van der Waals surface area contributed by atoms with Crippen molar-refractivity contribution < 1.29 is 8.78 Å². The number of aromatic nitrogens is 3. The fourth-order valence-electron chi connectivity index (χ4n) is 2.09. The molecule has 6 heteroatoms. The maximum absolute atomic E-state index is 13.2. The van der Waals surface area contributed by atoms with Crippen molar-refractivity contribution in [1.82, 2.24) is 14.8 Å². The Morgan fingerprint density at radius 3 is 2.50 bits per heavy atom. The van der Waals surface area contributed by atoms with Gasteiger partial charge in [0.15, 0.2) is 16.8 Å². The molecule has 0 spiro atoms. The molecule has 3 nitrogen and oxygen atoms in total. The van der Waals surface area contributed by atoms with Crippen LogP contribution in [-0.4, -0.2) is 14.8 Å². The van der Waals surface area contributed by atoms with Crippen LogP contribution in [0.4, 0.5) is 8.78 Å². The van der Waals surface area contributed by atoms with Crippen LogP contribution in [0.15, 0.2) is 53.7 Å². The van der Waals surface area contributed by atoms with E-state index >= 15 is 0 Å². The maximum Gasteiger partial charge on any atom is 0.196 e. The Morgan fingerprint density at radius 1 is 1.00 bits per heavy atom. The lowest BCUT2D eigenvalue weighted by Crippen LogP contribution is -1.99. The number of benzene rings is 2. The Kier molecular flexibility index (Phi) is 4.20.